The van der Waals surface area contributed by atoms with Crippen molar-refractivity contribution in [2.45, 2.75) is 23.8 Å². The van der Waals surface area contributed by atoms with E-state index in [9.17, 15) is 22.4 Å². The molecule has 0 radical (unpaired) electrons. The van der Waals surface area contributed by atoms with E-state index >= 15 is 0 Å². The van der Waals surface area contributed by atoms with Crippen molar-refractivity contribution >= 4 is 38.2 Å². The van der Waals surface area contributed by atoms with E-state index in [1.807, 2.05) is 0 Å². The van der Waals surface area contributed by atoms with Crippen LogP contribution in [0.1, 0.15) is 23.2 Å². The Balaban J connectivity index is 1.82. The standard InChI is InChI=1S/C17H18FN3O4S2/c1-19-15(22)13-8-10-26-17(13)20-16(23)14-3-2-9-21(14)27(24,25)12-6-4-11(18)5-7-12/h4-8,10,14H,2-3,9H2,1H3,(H,19,22)(H,20,23). The molecule has 10 heteroatoms. The maximum absolute atomic E-state index is 13.1. The molecule has 0 saturated carbocycles. The Kier molecular flexibility index (Phi) is 5.59. The molecular weight excluding hydrogens is 393 g/mol. The average Bonchev–Trinajstić information content (AvgIpc) is 3.31. The molecule has 1 unspecified atom stereocenters. The maximum atomic E-state index is 13.1. The van der Waals surface area contributed by atoms with Gasteiger partial charge in [0.25, 0.3) is 5.91 Å². The van der Waals surface area contributed by atoms with Crippen LogP contribution in [0.4, 0.5) is 9.39 Å². The zero-order valence-corrected chi connectivity index (χ0v) is 16.1. The van der Waals surface area contributed by atoms with Gasteiger partial charge in [0.2, 0.25) is 15.9 Å². The van der Waals surface area contributed by atoms with Gasteiger partial charge in [-0.05, 0) is 48.6 Å². The molecule has 3 rings (SSSR count). The normalized spacial score (nSPS) is 17.6. The average molecular weight is 411 g/mol. The highest BCUT2D eigenvalue weighted by atomic mass is 32.2. The second-order valence-electron chi connectivity index (χ2n) is 5.96. The first-order chi connectivity index (χ1) is 12.8. The van der Waals surface area contributed by atoms with E-state index < -0.39 is 27.8 Å². The molecule has 0 bridgehead atoms. The van der Waals surface area contributed by atoms with E-state index in [0.29, 0.717) is 23.4 Å². The number of amides is 2. The fraction of sp³-hybridized carbons (Fsp3) is 0.294. The molecule has 0 spiro atoms. The van der Waals surface area contributed by atoms with Crippen LogP contribution in [0, 0.1) is 5.82 Å². The minimum atomic E-state index is -3.93. The molecular formula is C17H18FN3O4S2. The highest BCUT2D eigenvalue weighted by Crippen LogP contribution is 2.29. The van der Waals surface area contributed by atoms with Crippen LogP contribution in [0.5, 0.6) is 0 Å². The summed E-state index contributed by atoms with van der Waals surface area (Å²) in [6, 6.07) is 5.20. The van der Waals surface area contributed by atoms with Crippen molar-refractivity contribution in [2.75, 3.05) is 18.9 Å². The molecule has 2 N–H and O–H groups in total. The number of sulfonamides is 1. The van der Waals surface area contributed by atoms with E-state index in [1.165, 1.54) is 30.5 Å². The lowest BCUT2D eigenvalue weighted by Crippen LogP contribution is -2.43. The molecule has 1 fully saturated rings. The number of rotatable bonds is 5. The van der Waals surface area contributed by atoms with Gasteiger partial charge in [0.05, 0.1) is 10.5 Å². The topological polar surface area (TPSA) is 95.6 Å². The largest absolute Gasteiger partial charge is 0.355 e. The number of hydrogen-bond acceptors (Lipinski definition) is 5. The quantitative estimate of drug-likeness (QED) is 0.787. The van der Waals surface area contributed by atoms with Gasteiger partial charge in [0, 0.05) is 13.6 Å². The van der Waals surface area contributed by atoms with Crippen molar-refractivity contribution in [1.82, 2.24) is 9.62 Å². The van der Waals surface area contributed by atoms with Crippen LogP contribution >= 0.6 is 11.3 Å². The van der Waals surface area contributed by atoms with Crippen molar-refractivity contribution < 1.29 is 22.4 Å². The van der Waals surface area contributed by atoms with Gasteiger partial charge in [-0.25, -0.2) is 12.8 Å². The predicted octanol–water partition coefficient (Wildman–Crippen LogP) is 2.04. The van der Waals surface area contributed by atoms with E-state index in [4.69, 9.17) is 0 Å². The minimum Gasteiger partial charge on any atom is -0.355 e. The van der Waals surface area contributed by atoms with Crippen LogP contribution in [0.25, 0.3) is 0 Å². The van der Waals surface area contributed by atoms with Gasteiger partial charge in [0.15, 0.2) is 0 Å². The van der Waals surface area contributed by atoms with Gasteiger partial charge in [-0.3, -0.25) is 9.59 Å². The summed E-state index contributed by atoms with van der Waals surface area (Å²) in [5, 5.41) is 7.19. The van der Waals surface area contributed by atoms with Crippen LogP contribution in [0.3, 0.4) is 0 Å². The summed E-state index contributed by atoms with van der Waals surface area (Å²) in [4.78, 5) is 24.5. The number of hydrogen-bond donors (Lipinski definition) is 2. The molecule has 1 atom stereocenters. The SMILES string of the molecule is CNC(=O)c1ccsc1NC(=O)C1CCCN1S(=O)(=O)c1ccc(F)cc1. The smallest absolute Gasteiger partial charge is 0.254 e. The Bertz CT molecular complexity index is 957. The van der Waals surface area contributed by atoms with Gasteiger partial charge >= 0.3 is 0 Å². The Labute approximate surface area is 160 Å². The zero-order valence-electron chi connectivity index (χ0n) is 14.4. The van der Waals surface area contributed by atoms with Crippen LogP contribution in [0.2, 0.25) is 0 Å². The highest BCUT2D eigenvalue weighted by Gasteiger charge is 2.39. The van der Waals surface area contributed by atoms with Crippen LogP contribution in [-0.2, 0) is 14.8 Å². The van der Waals surface area contributed by atoms with Crippen LogP contribution in [-0.4, -0.2) is 44.2 Å². The van der Waals surface area contributed by atoms with Gasteiger partial charge < -0.3 is 10.6 Å². The Morgan fingerprint density at radius 2 is 1.93 bits per heavy atom. The number of halogens is 1. The second-order valence-corrected chi connectivity index (χ2v) is 8.77. The lowest BCUT2D eigenvalue weighted by molar-refractivity contribution is -0.119. The van der Waals surface area contributed by atoms with Crippen molar-refractivity contribution in [3.8, 4) is 0 Å². The van der Waals surface area contributed by atoms with Gasteiger partial charge in [-0.15, -0.1) is 11.3 Å². The van der Waals surface area contributed by atoms with Crippen molar-refractivity contribution in [3.63, 3.8) is 0 Å². The summed E-state index contributed by atoms with van der Waals surface area (Å²) in [6.07, 6.45) is 0.901. The summed E-state index contributed by atoms with van der Waals surface area (Å²) >= 11 is 1.18. The second kappa shape index (κ2) is 7.75. The van der Waals surface area contributed by atoms with E-state index in [2.05, 4.69) is 10.6 Å². The molecule has 2 aromatic rings. The molecule has 1 saturated heterocycles. The molecule has 0 aliphatic carbocycles. The number of benzene rings is 1. The first kappa shape index (κ1) is 19.5. The summed E-state index contributed by atoms with van der Waals surface area (Å²) in [7, 11) is -2.44. The summed E-state index contributed by atoms with van der Waals surface area (Å²) in [6.45, 7) is 0.199. The zero-order chi connectivity index (χ0) is 19.6. The Morgan fingerprint density at radius 3 is 2.59 bits per heavy atom. The molecule has 1 aromatic heterocycles. The third-order valence-electron chi connectivity index (χ3n) is 4.30. The third-order valence-corrected chi connectivity index (χ3v) is 7.05. The Hall–Kier alpha value is -2.30. The summed E-state index contributed by atoms with van der Waals surface area (Å²) in [5.74, 6) is -1.37. The molecule has 7 nitrogen and oxygen atoms in total. The van der Waals surface area contributed by atoms with Crippen molar-refractivity contribution in [2.24, 2.45) is 0 Å². The lowest BCUT2D eigenvalue weighted by atomic mass is 10.2. The third kappa shape index (κ3) is 3.87. The fourth-order valence-electron chi connectivity index (χ4n) is 2.95. The van der Waals surface area contributed by atoms with Crippen LogP contribution < -0.4 is 10.6 Å². The molecule has 27 heavy (non-hydrogen) atoms. The minimum absolute atomic E-state index is 0.0641. The number of carbonyl (C=O) groups is 2. The van der Waals surface area contributed by atoms with Crippen molar-refractivity contribution in [1.29, 1.82) is 0 Å². The van der Waals surface area contributed by atoms with E-state index in [0.717, 1.165) is 16.4 Å². The number of carbonyl (C=O) groups excluding carboxylic acids is 2. The van der Waals surface area contributed by atoms with Crippen LogP contribution in [0.15, 0.2) is 40.6 Å². The van der Waals surface area contributed by atoms with Gasteiger partial charge in [-0.1, -0.05) is 0 Å². The molecule has 2 amide bonds. The predicted molar refractivity (Wildman–Crippen MR) is 99.7 cm³/mol. The van der Waals surface area contributed by atoms with E-state index in [-0.39, 0.29) is 17.3 Å². The number of anilines is 1. The Morgan fingerprint density at radius 1 is 1.22 bits per heavy atom. The van der Waals surface area contributed by atoms with E-state index in [1.54, 1.807) is 11.4 Å². The number of nitrogens with zero attached hydrogens (tertiary/aromatic N) is 1. The number of nitrogens with one attached hydrogen (secondary N) is 2. The van der Waals surface area contributed by atoms with Crippen molar-refractivity contribution in [3.05, 3.63) is 47.1 Å². The fourth-order valence-corrected chi connectivity index (χ4v) is 5.39. The van der Waals surface area contributed by atoms with Gasteiger partial charge in [-0.2, -0.15) is 4.31 Å². The molecule has 1 aliphatic rings. The monoisotopic (exact) mass is 411 g/mol. The summed E-state index contributed by atoms with van der Waals surface area (Å²) in [5.41, 5.74) is 0.321. The first-order valence-electron chi connectivity index (χ1n) is 8.22. The maximum Gasteiger partial charge on any atom is 0.254 e. The first-order valence-corrected chi connectivity index (χ1v) is 10.5. The highest BCUT2D eigenvalue weighted by molar-refractivity contribution is 7.89. The number of thiophene rings is 1. The molecule has 144 valence electrons. The lowest BCUT2D eigenvalue weighted by Gasteiger charge is -2.23. The molecule has 1 aliphatic heterocycles. The molecule has 1 aromatic carbocycles. The molecule has 2 heterocycles. The van der Waals surface area contributed by atoms with Gasteiger partial charge in [0.1, 0.15) is 16.9 Å². The summed E-state index contributed by atoms with van der Waals surface area (Å²) < 4.78 is 39.9.